The fourth-order valence-electron chi connectivity index (χ4n) is 0.908. The molecule has 0 spiro atoms. The molecule has 0 unspecified atom stereocenters. The maximum Gasteiger partial charge on any atom is 0.0624 e. The van der Waals surface area contributed by atoms with E-state index >= 15 is 0 Å². The van der Waals surface area contributed by atoms with Crippen molar-refractivity contribution in [3.05, 3.63) is 11.3 Å². The highest BCUT2D eigenvalue weighted by molar-refractivity contribution is 5.55. The Kier molecular flexibility index (Phi) is 5.24. The predicted molar refractivity (Wildman–Crippen MR) is 80.9 cm³/mol. The van der Waals surface area contributed by atoms with Gasteiger partial charge in [0.1, 0.15) is 0 Å². The molecular formula is C17H27N. The van der Waals surface area contributed by atoms with Gasteiger partial charge in [-0.3, -0.25) is 0 Å². The molecular weight excluding hydrogens is 218 g/mol. The standard InChI is InChI=1S/C17H27N/c1-15(2,3)12-10-14(16(4,5)6)11-13-18-17(7,8)9/h1-9H3. The van der Waals surface area contributed by atoms with Gasteiger partial charge in [0, 0.05) is 16.7 Å². The second-order valence-corrected chi connectivity index (χ2v) is 7.64. The topological polar surface area (TPSA) is 12.4 Å². The molecule has 1 nitrogen and oxygen atoms in total. The molecule has 0 aliphatic heterocycles. The molecule has 0 saturated carbocycles. The molecule has 1 heteroatoms. The van der Waals surface area contributed by atoms with Crippen molar-refractivity contribution in [2.45, 2.75) is 67.9 Å². The smallest absolute Gasteiger partial charge is 0.0624 e. The van der Waals surface area contributed by atoms with Crippen LogP contribution >= 0.6 is 0 Å². The molecule has 0 aliphatic carbocycles. The molecule has 0 rings (SSSR count). The van der Waals surface area contributed by atoms with E-state index in [1.54, 1.807) is 0 Å². The Morgan fingerprint density at radius 1 is 0.833 bits per heavy atom. The molecule has 0 radical (unpaired) electrons. The summed E-state index contributed by atoms with van der Waals surface area (Å²) in [5.41, 5.74) is 3.92. The van der Waals surface area contributed by atoms with E-state index in [1.807, 2.05) is 20.8 Å². The van der Waals surface area contributed by atoms with E-state index in [2.05, 4.69) is 70.0 Å². The van der Waals surface area contributed by atoms with Crippen LogP contribution in [0.25, 0.3) is 0 Å². The van der Waals surface area contributed by atoms with Crippen LogP contribution in [0, 0.1) is 22.7 Å². The molecule has 0 bridgehead atoms. The van der Waals surface area contributed by atoms with E-state index in [-0.39, 0.29) is 16.4 Å². The van der Waals surface area contributed by atoms with Gasteiger partial charge >= 0.3 is 0 Å². The molecule has 0 aliphatic rings. The first-order chi connectivity index (χ1) is 7.81. The van der Waals surface area contributed by atoms with Crippen molar-refractivity contribution in [3.63, 3.8) is 0 Å². The lowest BCUT2D eigenvalue weighted by Gasteiger charge is -2.16. The van der Waals surface area contributed by atoms with Crippen molar-refractivity contribution < 1.29 is 0 Å². The zero-order valence-corrected chi connectivity index (χ0v) is 13.4. The lowest BCUT2D eigenvalue weighted by Crippen LogP contribution is -2.09. The van der Waals surface area contributed by atoms with Crippen LogP contribution in [0.15, 0.2) is 16.3 Å². The number of hydrogen-bond acceptors (Lipinski definition) is 1. The van der Waals surface area contributed by atoms with Gasteiger partial charge in [0.2, 0.25) is 0 Å². The fourth-order valence-corrected chi connectivity index (χ4v) is 0.908. The van der Waals surface area contributed by atoms with Gasteiger partial charge in [0.05, 0.1) is 11.1 Å². The third-order valence-corrected chi connectivity index (χ3v) is 1.88. The first-order valence-electron chi connectivity index (χ1n) is 6.45. The van der Waals surface area contributed by atoms with Crippen LogP contribution in [-0.2, 0) is 0 Å². The maximum atomic E-state index is 4.30. The van der Waals surface area contributed by atoms with Crippen LogP contribution in [0.4, 0.5) is 0 Å². The minimum absolute atomic E-state index is 0.000645. The second-order valence-electron chi connectivity index (χ2n) is 7.64. The maximum absolute atomic E-state index is 4.30. The summed E-state index contributed by atoms with van der Waals surface area (Å²) in [7, 11) is 0. The summed E-state index contributed by atoms with van der Waals surface area (Å²) in [6.45, 7) is 18.8. The third-order valence-electron chi connectivity index (χ3n) is 1.88. The second kappa shape index (κ2) is 5.62. The van der Waals surface area contributed by atoms with Gasteiger partial charge in [-0.15, -0.1) is 0 Å². The number of hydrogen-bond donors (Lipinski definition) is 0. The van der Waals surface area contributed by atoms with Gasteiger partial charge in [-0.25, -0.2) is 4.99 Å². The molecule has 0 amide bonds. The van der Waals surface area contributed by atoms with Gasteiger partial charge in [-0.2, -0.15) is 0 Å². The van der Waals surface area contributed by atoms with Crippen molar-refractivity contribution in [1.29, 1.82) is 0 Å². The van der Waals surface area contributed by atoms with Crippen molar-refractivity contribution in [2.24, 2.45) is 15.8 Å². The summed E-state index contributed by atoms with van der Waals surface area (Å²) in [5, 5.41) is 0. The van der Waals surface area contributed by atoms with Crippen molar-refractivity contribution in [1.82, 2.24) is 0 Å². The van der Waals surface area contributed by atoms with E-state index in [9.17, 15) is 0 Å². The van der Waals surface area contributed by atoms with E-state index in [0.717, 1.165) is 5.57 Å². The molecule has 0 atom stereocenters. The molecule has 18 heavy (non-hydrogen) atoms. The SMILES string of the molecule is CC(C)(C)C#CC(=C=C=NC(C)(C)C)C(C)(C)C. The Balaban J connectivity index is 5.62. The third kappa shape index (κ3) is 8.89. The largest absolute Gasteiger partial charge is 0.229 e. The summed E-state index contributed by atoms with van der Waals surface area (Å²) in [6, 6.07) is 0. The van der Waals surface area contributed by atoms with Crippen molar-refractivity contribution in [3.8, 4) is 11.8 Å². The van der Waals surface area contributed by atoms with Crippen LogP contribution in [0.3, 0.4) is 0 Å². The van der Waals surface area contributed by atoms with Crippen molar-refractivity contribution in [2.75, 3.05) is 0 Å². The zero-order chi connectivity index (χ0) is 14.6. The summed E-state index contributed by atoms with van der Waals surface area (Å²) in [4.78, 5) is 4.30. The van der Waals surface area contributed by atoms with E-state index in [1.165, 1.54) is 0 Å². The molecule has 0 aromatic carbocycles. The first-order valence-corrected chi connectivity index (χ1v) is 6.45. The summed E-state index contributed by atoms with van der Waals surface area (Å²) < 4.78 is 0. The van der Waals surface area contributed by atoms with Crippen LogP contribution in [0.2, 0.25) is 0 Å². The normalized spacial score (nSPS) is 11.8. The van der Waals surface area contributed by atoms with Gasteiger partial charge in [0.25, 0.3) is 0 Å². The van der Waals surface area contributed by atoms with E-state index in [4.69, 9.17) is 0 Å². The predicted octanol–water partition coefficient (Wildman–Crippen LogP) is 4.63. The number of aliphatic imine (C=N–C) groups is 1. The Hall–Kier alpha value is -1.21. The van der Waals surface area contributed by atoms with Gasteiger partial charge in [-0.05, 0) is 47.3 Å². The summed E-state index contributed by atoms with van der Waals surface area (Å²) in [5.74, 6) is 9.37. The van der Waals surface area contributed by atoms with Crippen molar-refractivity contribution >= 4 is 5.87 Å². The monoisotopic (exact) mass is 245 g/mol. The number of allylic oxidation sites excluding steroid dienone is 1. The number of rotatable bonds is 0. The molecule has 0 heterocycles. The Morgan fingerprint density at radius 3 is 1.67 bits per heavy atom. The minimum Gasteiger partial charge on any atom is -0.229 e. The molecule has 0 aromatic heterocycles. The molecule has 0 aromatic rings. The fraction of sp³-hybridized carbons (Fsp3) is 0.706. The highest BCUT2D eigenvalue weighted by Gasteiger charge is 2.16. The van der Waals surface area contributed by atoms with E-state index < -0.39 is 0 Å². The lowest BCUT2D eigenvalue weighted by atomic mass is 9.86. The molecule has 100 valence electrons. The van der Waals surface area contributed by atoms with Crippen LogP contribution < -0.4 is 0 Å². The lowest BCUT2D eigenvalue weighted by molar-refractivity contribution is 0.520. The van der Waals surface area contributed by atoms with Crippen LogP contribution in [0.5, 0.6) is 0 Å². The molecule has 0 saturated heterocycles. The molecule has 0 N–H and O–H groups in total. The summed E-state index contributed by atoms with van der Waals surface area (Å²) in [6.07, 6.45) is 0. The van der Waals surface area contributed by atoms with Gasteiger partial charge in [-0.1, -0.05) is 32.6 Å². The highest BCUT2D eigenvalue weighted by Crippen LogP contribution is 2.24. The summed E-state index contributed by atoms with van der Waals surface area (Å²) >= 11 is 0. The highest BCUT2D eigenvalue weighted by atomic mass is 14.8. The van der Waals surface area contributed by atoms with Crippen LogP contribution in [0.1, 0.15) is 62.3 Å². The average molecular weight is 245 g/mol. The minimum atomic E-state index is -0.118. The average Bonchev–Trinajstić information content (AvgIpc) is 2.04. The zero-order valence-electron chi connectivity index (χ0n) is 13.4. The van der Waals surface area contributed by atoms with E-state index in [0.29, 0.717) is 0 Å². The van der Waals surface area contributed by atoms with Gasteiger partial charge in [0.15, 0.2) is 0 Å². The quantitative estimate of drug-likeness (QED) is 0.335. The Bertz CT molecular complexity index is 435. The molecule has 0 fully saturated rings. The first kappa shape index (κ1) is 16.8. The van der Waals surface area contributed by atoms with Crippen LogP contribution in [-0.4, -0.2) is 11.4 Å². The Morgan fingerprint density at radius 2 is 1.33 bits per heavy atom. The number of nitrogens with zero attached hydrogens (tertiary/aromatic N) is 1. The van der Waals surface area contributed by atoms with Gasteiger partial charge < -0.3 is 0 Å². The Labute approximate surface area is 113 Å².